The minimum absolute atomic E-state index is 0.0263. The molecule has 0 unspecified atom stereocenters. The van der Waals surface area contributed by atoms with Gasteiger partial charge in [-0.2, -0.15) is 13.2 Å². The SMILES string of the molecule is FC(F)(F)[C@]1(C#CC2CC2)C=NC(=S)Nc2ccc(Cl)cc21. The van der Waals surface area contributed by atoms with Gasteiger partial charge < -0.3 is 5.32 Å². The Bertz CT molecular complexity index is 729. The number of hydrogen-bond acceptors (Lipinski definition) is 1. The molecule has 2 nitrogen and oxygen atoms in total. The molecule has 1 saturated carbocycles. The first-order valence-corrected chi connectivity index (χ1v) is 7.36. The fourth-order valence-corrected chi connectivity index (χ4v) is 2.50. The van der Waals surface area contributed by atoms with Crippen LogP contribution in [0.2, 0.25) is 5.02 Å². The number of hydrogen-bond donors (Lipinski definition) is 1. The van der Waals surface area contributed by atoms with Crippen LogP contribution in [-0.4, -0.2) is 17.5 Å². The summed E-state index contributed by atoms with van der Waals surface area (Å²) in [6.45, 7) is 0. The normalized spacial score (nSPS) is 23.9. The largest absolute Gasteiger partial charge is 0.414 e. The number of anilines is 1. The highest BCUT2D eigenvalue weighted by atomic mass is 35.5. The van der Waals surface area contributed by atoms with E-state index in [2.05, 4.69) is 22.2 Å². The average molecular weight is 343 g/mol. The summed E-state index contributed by atoms with van der Waals surface area (Å²) in [5.41, 5.74) is -2.37. The first kappa shape index (κ1) is 15.3. The van der Waals surface area contributed by atoms with Crippen molar-refractivity contribution in [2.24, 2.45) is 10.9 Å². The fraction of sp³-hybridized carbons (Fsp3) is 0.333. The van der Waals surface area contributed by atoms with Crippen molar-refractivity contribution in [1.82, 2.24) is 0 Å². The second-order valence-electron chi connectivity index (χ2n) is 5.23. The van der Waals surface area contributed by atoms with Gasteiger partial charge in [0.2, 0.25) is 0 Å². The van der Waals surface area contributed by atoms with Crippen LogP contribution in [0.4, 0.5) is 18.9 Å². The summed E-state index contributed by atoms with van der Waals surface area (Å²) in [4.78, 5) is 3.72. The van der Waals surface area contributed by atoms with Gasteiger partial charge in [0.25, 0.3) is 0 Å². The third-order valence-electron chi connectivity index (χ3n) is 3.52. The lowest BCUT2D eigenvalue weighted by Crippen LogP contribution is -2.42. The Morgan fingerprint density at radius 3 is 2.73 bits per heavy atom. The van der Waals surface area contributed by atoms with Crippen LogP contribution in [0.5, 0.6) is 0 Å². The zero-order valence-corrected chi connectivity index (χ0v) is 12.7. The molecule has 1 aliphatic heterocycles. The predicted molar refractivity (Wildman–Crippen MR) is 84.4 cm³/mol. The Labute approximate surface area is 135 Å². The maximum Gasteiger partial charge on any atom is 0.414 e. The highest BCUT2D eigenvalue weighted by Crippen LogP contribution is 2.45. The number of thiocarbonyl (C=S) groups is 1. The maximum absolute atomic E-state index is 13.9. The topological polar surface area (TPSA) is 24.4 Å². The number of aliphatic imine (C=N–C) groups is 1. The van der Waals surface area contributed by atoms with Crippen LogP contribution in [0.1, 0.15) is 18.4 Å². The zero-order valence-electron chi connectivity index (χ0n) is 11.2. The third-order valence-corrected chi connectivity index (χ3v) is 3.96. The van der Waals surface area contributed by atoms with Crippen molar-refractivity contribution in [2.45, 2.75) is 24.4 Å². The minimum atomic E-state index is -4.64. The first-order valence-electron chi connectivity index (χ1n) is 6.57. The van der Waals surface area contributed by atoms with Crippen molar-refractivity contribution in [1.29, 1.82) is 0 Å². The van der Waals surface area contributed by atoms with E-state index in [0.29, 0.717) is 0 Å². The van der Waals surface area contributed by atoms with Gasteiger partial charge in [0, 0.05) is 28.4 Å². The van der Waals surface area contributed by atoms with Crippen molar-refractivity contribution >= 4 is 40.8 Å². The molecule has 114 valence electrons. The van der Waals surface area contributed by atoms with Crippen LogP contribution in [0, 0.1) is 17.8 Å². The van der Waals surface area contributed by atoms with Crippen LogP contribution < -0.4 is 5.32 Å². The number of fused-ring (bicyclic) bond motifs is 1. The summed E-state index contributed by atoms with van der Waals surface area (Å²) in [6.07, 6.45) is -2.20. The molecule has 0 saturated heterocycles. The molecule has 3 rings (SSSR count). The molecule has 0 radical (unpaired) electrons. The van der Waals surface area contributed by atoms with E-state index in [4.69, 9.17) is 23.8 Å². The van der Waals surface area contributed by atoms with Gasteiger partial charge in [-0.15, -0.1) is 0 Å². The average Bonchev–Trinajstić information content (AvgIpc) is 3.24. The second-order valence-corrected chi connectivity index (χ2v) is 6.05. The number of halogens is 4. The fourth-order valence-electron chi connectivity index (χ4n) is 2.16. The summed E-state index contributed by atoms with van der Waals surface area (Å²) in [5.74, 6) is 5.13. The van der Waals surface area contributed by atoms with Gasteiger partial charge in [0.1, 0.15) is 0 Å². The van der Waals surface area contributed by atoms with Gasteiger partial charge in [0.15, 0.2) is 10.5 Å². The Hall–Kier alpha value is -1.58. The molecule has 0 amide bonds. The number of nitrogens with one attached hydrogen (secondary N) is 1. The third kappa shape index (κ3) is 2.71. The van der Waals surface area contributed by atoms with Crippen molar-refractivity contribution in [2.75, 3.05) is 5.32 Å². The number of nitrogens with zero attached hydrogens (tertiary/aromatic N) is 1. The molecule has 7 heteroatoms. The summed E-state index contributed by atoms with van der Waals surface area (Å²) >= 11 is 10.8. The van der Waals surface area contributed by atoms with Crippen molar-refractivity contribution in [3.8, 4) is 11.8 Å². The molecule has 1 N–H and O–H groups in total. The van der Waals surface area contributed by atoms with Gasteiger partial charge >= 0.3 is 6.18 Å². The zero-order chi connectivity index (χ0) is 16.0. The second kappa shape index (κ2) is 5.25. The van der Waals surface area contributed by atoms with Gasteiger partial charge in [-0.1, -0.05) is 23.4 Å². The lowest BCUT2D eigenvalue weighted by Gasteiger charge is -2.28. The number of alkyl halides is 3. The van der Waals surface area contributed by atoms with E-state index < -0.39 is 11.6 Å². The van der Waals surface area contributed by atoms with Crippen LogP contribution in [0.3, 0.4) is 0 Å². The van der Waals surface area contributed by atoms with E-state index in [0.717, 1.165) is 19.1 Å². The lowest BCUT2D eigenvalue weighted by atomic mass is 9.80. The quantitative estimate of drug-likeness (QED) is 0.560. The van der Waals surface area contributed by atoms with Gasteiger partial charge in [-0.25, -0.2) is 4.99 Å². The molecule has 1 fully saturated rings. The molecule has 0 spiro atoms. The molecule has 0 bridgehead atoms. The molecular formula is C15H10ClF3N2S. The Morgan fingerprint density at radius 2 is 2.09 bits per heavy atom. The number of rotatable bonds is 0. The summed E-state index contributed by atoms with van der Waals surface area (Å²) in [5, 5.41) is 2.85. The number of benzene rings is 1. The Balaban J connectivity index is 2.27. The van der Waals surface area contributed by atoms with E-state index in [-0.39, 0.29) is 27.3 Å². The van der Waals surface area contributed by atoms with Gasteiger partial charge in [-0.05, 0) is 43.3 Å². The summed E-state index contributed by atoms with van der Waals surface area (Å²) in [6, 6.07) is 4.22. The smallest absolute Gasteiger partial charge is 0.331 e. The van der Waals surface area contributed by atoms with Gasteiger partial charge in [-0.3, -0.25) is 0 Å². The van der Waals surface area contributed by atoms with Crippen molar-refractivity contribution in [3.05, 3.63) is 28.8 Å². The van der Waals surface area contributed by atoms with Crippen molar-refractivity contribution < 1.29 is 13.2 Å². The molecule has 2 aliphatic rings. The van der Waals surface area contributed by atoms with E-state index in [9.17, 15) is 13.2 Å². The Kier molecular flexibility index (Phi) is 3.66. The van der Waals surface area contributed by atoms with Crippen LogP contribution in [0.15, 0.2) is 23.2 Å². The first-order chi connectivity index (χ1) is 10.3. The van der Waals surface area contributed by atoms with E-state index >= 15 is 0 Å². The molecule has 1 aromatic carbocycles. The molecule has 1 atom stereocenters. The predicted octanol–water partition coefficient (Wildman–Crippen LogP) is 4.33. The highest BCUT2D eigenvalue weighted by Gasteiger charge is 2.56. The lowest BCUT2D eigenvalue weighted by molar-refractivity contribution is -0.152. The molecular weight excluding hydrogens is 333 g/mol. The molecule has 22 heavy (non-hydrogen) atoms. The molecule has 1 heterocycles. The summed E-state index contributed by atoms with van der Waals surface area (Å²) < 4.78 is 41.6. The van der Waals surface area contributed by atoms with Crippen LogP contribution >= 0.6 is 23.8 Å². The minimum Gasteiger partial charge on any atom is -0.331 e. The standard InChI is InChI=1S/C15H10ClF3N2S/c16-10-3-4-12-11(7-10)14(15(17,18)19,6-5-9-1-2-9)8-20-13(22)21-12/h3-4,7-9H,1-2H2,(H,21,22)/t14-/m1/s1. The maximum atomic E-state index is 13.9. The Morgan fingerprint density at radius 1 is 1.36 bits per heavy atom. The molecule has 1 aliphatic carbocycles. The van der Waals surface area contributed by atoms with Gasteiger partial charge in [0.05, 0.1) is 0 Å². The van der Waals surface area contributed by atoms with E-state index in [1.165, 1.54) is 18.2 Å². The van der Waals surface area contributed by atoms with Crippen LogP contribution in [0.25, 0.3) is 0 Å². The summed E-state index contributed by atoms with van der Waals surface area (Å²) in [7, 11) is 0. The molecule has 1 aromatic rings. The highest BCUT2D eigenvalue weighted by molar-refractivity contribution is 7.80. The van der Waals surface area contributed by atoms with E-state index in [1.54, 1.807) is 0 Å². The van der Waals surface area contributed by atoms with Crippen molar-refractivity contribution in [3.63, 3.8) is 0 Å². The van der Waals surface area contributed by atoms with E-state index in [1.807, 2.05) is 0 Å². The monoisotopic (exact) mass is 342 g/mol. The van der Waals surface area contributed by atoms with Crippen LogP contribution in [-0.2, 0) is 5.41 Å². The molecule has 0 aromatic heterocycles.